The van der Waals surface area contributed by atoms with Crippen molar-refractivity contribution in [1.82, 2.24) is 9.78 Å². The fourth-order valence-corrected chi connectivity index (χ4v) is 5.69. The normalized spacial score (nSPS) is 17.1. The first-order valence-electron chi connectivity index (χ1n) is 13.4. The molecule has 0 unspecified atom stereocenters. The molecule has 0 fully saturated rings. The SMILES string of the molecule is CCc1ccc(N2[C@@H](c3ccc(/C=C/C(=O)O)cc3)c3ccc(-c4cnn(C)c4)cc3C[C@@H]2C)c(CC)c1. The smallest absolute Gasteiger partial charge is 0.328 e. The Labute approximate surface area is 225 Å². The van der Waals surface area contributed by atoms with Gasteiger partial charge in [0.1, 0.15) is 0 Å². The van der Waals surface area contributed by atoms with E-state index in [0.717, 1.165) is 30.4 Å². The number of anilines is 1. The van der Waals surface area contributed by atoms with Crippen molar-refractivity contribution < 1.29 is 9.90 Å². The number of nitrogens with zero attached hydrogens (tertiary/aromatic N) is 3. The lowest BCUT2D eigenvalue weighted by atomic mass is 9.82. The van der Waals surface area contributed by atoms with E-state index in [1.165, 1.54) is 45.1 Å². The maximum Gasteiger partial charge on any atom is 0.328 e. The highest BCUT2D eigenvalue weighted by Crippen LogP contribution is 2.43. The first-order chi connectivity index (χ1) is 18.4. The van der Waals surface area contributed by atoms with E-state index in [4.69, 9.17) is 5.11 Å². The Morgan fingerprint density at radius 3 is 2.47 bits per heavy atom. The molecule has 3 aromatic carbocycles. The highest BCUT2D eigenvalue weighted by Gasteiger charge is 2.34. The Morgan fingerprint density at radius 2 is 1.82 bits per heavy atom. The number of fused-ring (bicyclic) bond motifs is 1. The van der Waals surface area contributed by atoms with Crippen molar-refractivity contribution in [3.05, 3.63) is 113 Å². The summed E-state index contributed by atoms with van der Waals surface area (Å²) >= 11 is 0. The molecule has 2 atom stereocenters. The lowest BCUT2D eigenvalue weighted by Gasteiger charge is -2.45. The van der Waals surface area contributed by atoms with Crippen LogP contribution in [0.3, 0.4) is 0 Å². The van der Waals surface area contributed by atoms with Crippen molar-refractivity contribution in [2.75, 3.05) is 4.90 Å². The van der Waals surface area contributed by atoms with Gasteiger partial charge in [-0.25, -0.2) is 4.79 Å². The minimum atomic E-state index is -0.942. The number of hydrogen-bond acceptors (Lipinski definition) is 3. The summed E-state index contributed by atoms with van der Waals surface area (Å²) in [5.74, 6) is -0.942. The third kappa shape index (κ3) is 5.01. The van der Waals surface area contributed by atoms with E-state index in [1.807, 2.05) is 30.1 Å². The molecule has 5 heteroatoms. The molecule has 0 radical (unpaired) electrons. The molecular formula is C33H35N3O2. The molecule has 1 aliphatic heterocycles. The molecule has 0 saturated heterocycles. The summed E-state index contributed by atoms with van der Waals surface area (Å²) in [6.07, 6.45) is 9.76. The number of carboxylic acid groups (broad SMARTS) is 1. The second-order valence-electron chi connectivity index (χ2n) is 10.2. The van der Waals surface area contributed by atoms with Gasteiger partial charge >= 0.3 is 5.97 Å². The standard InChI is InChI=1S/C33H35N3O2/c1-5-23-9-15-31(25(6-2)18-23)36-22(3)17-28-19-27(29-20-34-35(4)21-29)13-14-30(28)33(36)26-11-7-24(8-12-26)10-16-32(37)38/h7-16,18-22,33H,5-6,17H2,1-4H3,(H,37,38)/b16-10+/t22-,33-/m0/s1. The van der Waals surface area contributed by atoms with Crippen molar-refractivity contribution in [2.45, 2.75) is 52.1 Å². The van der Waals surface area contributed by atoms with Gasteiger partial charge in [-0.1, -0.05) is 68.4 Å². The van der Waals surface area contributed by atoms with Gasteiger partial charge in [0.15, 0.2) is 0 Å². The summed E-state index contributed by atoms with van der Waals surface area (Å²) in [5.41, 5.74) is 11.1. The maximum atomic E-state index is 11.0. The molecule has 1 aliphatic rings. The number of hydrogen-bond donors (Lipinski definition) is 1. The van der Waals surface area contributed by atoms with Gasteiger partial charge < -0.3 is 10.0 Å². The topological polar surface area (TPSA) is 58.4 Å². The Bertz CT molecular complexity index is 1480. The van der Waals surface area contributed by atoms with Gasteiger partial charge in [-0.15, -0.1) is 0 Å². The molecule has 0 amide bonds. The largest absolute Gasteiger partial charge is 0.478 e. The molecular weight excluding hydrogens is 470 g/mol. The zero-order valence-electron chi connectivity index (χ0n) is 22.6. The van der Waals surface area contributed by atoms with Crippen LogP contribution in [-0.4, -0.2) is 26.9 Å². The van der Waals surface area contributed by atoms with Gasteiger partial charge in [0.25, 0.3) is 0 Å². The third-order valence-electron chi connectivity index (χ3n) is 7.63. The van der Waals surface area contributed by atoms with Gasteiger partial charge in [-0.05, 0) is 77.3 Å². The molecule has 0 aliphatic carbocycles. The third-order valence-corrected chi connectivity index (χ3v) is 7.63. The van der Waals surface area contributed by atoms with E-state index >= 15 is 0 Å². The summed E-state index contributed by atoms with van der Waals surface area (Å²) in [5, 5.41) is 13.4. The fourth-order valence-electron chi connectivity index (χ4n) is 5.69. The van der Waals surface area contributed by atoms with Gasteiger partial charge in [0, 0.05) is 36.6 Å². The number of aliphatic carboxylic acids is 1. The van der Waals surface area contributed by atoms with Gasteiger partial charge in [-0.3, -0.25) is 4.68 Å². The van der Waals surface area contributed by atoms with Crippen molar-refractivity contribution in [3.63, 3.8) is 0 Å². The second-order valence-corrected chi connectivity index (χ2v) is 10.2. The molecule has 5 rings (SSSR count). The molecule has 1 N–H and O–H groups in total. The van der Waals surface area contributed by atoms with Crippen LogP contribution in [0.5, 0.6) is 0 Å². The van der Waals surface area contributed by atoms with Crippen molar-refractivity contribution >= 4 is 17.7 Å². The van der Waals surface area contributed by atoms with Crippen LogP contribution in [0.1, 0.15) is 60.2 Å². The van der Waals surface area contributed by atoms with E-state index < -0.39 is 5.97 Å². The number of aryl methyl sites for hydroxylation is 3. The average molecular weight is 506 g/mol. The summed E-state index contributed by atoms with van der Waals surface area (Å²) < 4.78 is 1.84. The molecule has 38 heavy (non-hydrogen) atoms. The molecule has 2 heterocycles. The van der Waals surface area contributed by atoms with Crippen LogP contribution in [0, 0.1) is 0 Å². The molecule has 4 aromatic rings. The highest BCUT2D eigenvalue weighted by molar-refractivity contribution is 5.85. The Balaban J connectivity index is 1.64. The predicted octanol–water partition coefficient (Wildman–Crippen LogP) is 6.85. The van der Waals surface area contributed by atoms with Crippen LogP contribution in [0.4, 0.5) is 5.69 Å². The molecule has 0 saturated carbocycles. The maximum absolute atomic E-state index is 11.0. The number of carbonyl (C=O) groups is 1. The average Bonchev–Trinajstić information content (AvgIpc) is 3.37. The summed E-state index contributed by atoms with van der Waals surface area (Å²) in [6, 6.07) is 22.4. The van der Waals surface area contributed by atoms with Crippen molar-refractivity contribution in [2.24, 2.45) is 7.05 Å². The van der Waals surface area contributed by atoms with Crippen molar-refractivity contribution in [1.29, 1.82) is 0 Å². The lowest BCUT2D eigenvalue weighted by molar-refractivity contribution is -0.131. The first-order valence-corrected chi connectivity index (χ1v) is 13.4. The minimum absolute atomic E-state index is 0.0481. The van der Waals surface area contributed by atoms with E-state index in [1.54, 1.807) is 6.08 Å². The van der Waals surface area contributed by atoms with Gasteiger partial charge in [0.2, 0.25) is 0 Å². The summed E-state index contributed by atoms with van der Waals surface area (Å²) in [4.78, 5) is 13.6. The van der Waals surface area contributed by atoms with Crippen LogP contribution >= 0.6 is 0 Å². The predicted molar refractivity (Wildman–Crippen MR) is 154 cm³/mol. The fraction of sp³-hybridized carbons (Fsp3) is 0.273. The molecule has 1 aromatic heterocycles. The summed E-state index contributed by atoms with van der Waals surface area (Å²) in [7, 11) is 1.95. The lowest BCUT2D eigenvalue weighted by Crippen LogP contribution is -2.43. The Hall–Kier alpha value is -4.12. The van der Waals surface area contributed by atoms with Gasteiger partial charge in [-0.2, -0.15) is 5.10 Å². The van der Waals surface area contributed by atoms with Crippen LogP contribution in [0.15, 0.2) is 79.1 Å². The van der Waals surface area contributed by atoms with E-state index in [-0.39, 0.29) is 6.04 Å². The monoisotopic (exact) mass is 505 g/mol. The van der Waals surface area contributed by atoms with Gasteiger partial charge in [0.05, 0.1) is 12.2 Å². The van der Waals surface area contributed by atoms with E-state index in [9.17, 15) is 4.79 Å². The van der Waals surface area contributed by atoms with Crippen LogP contribution in [-0.2, 0) is 31.1 Å². The molecule has 0 bridgehead atoms. The number of benzene rings is 3. The summed E-state index contributed by atoms with van der Waals surface area (Å²) in [6.45, 7) is 6.76. The number of carboxylic acids is 1. The van der Waals surface area contributed by atoms with Crippen LogP contribution in [0.25, 0.3) is 17.2 Å². The Kier molecular flexibility index (Phi) is 7.19. The zero-order valence-corrected chi connectivity index (χ0v) is 22.6. The molecule has 0 spiro atoms. The first kappa shape index (κ1) is 25.5. The molecule has 194 valence electrons. The Morgan fingerprint density at radius 1 is 1.03 bits per heavy atom. The van der Waals surface area contributed by atoms with Crippen LogP contribution in [0.2, 0.25) is 0 Å². The van der Waals surface area contributed by atoms with E-state index in [2.05, 4.69) is 85.5 Å². The molecule has 5 nitrogen and oxygen atoms in total. The van der Waals surface area contributed by atoms with E-state index in [0.29, 0.717) is 6.04 Å². The number of rotatable bonds is 7. The zero-order chi connectivity index (χ0) is 26.8. The second kappa shape index (κ2) is 10.7. The quantitative estimate of drug-likeness (QED) is 0.279. The number of aromatic nitrogens is 2. The highest BCUT2D eigenvalue weighted by atomic mass is 16.4. The van der Waals surface area contributed by atoms with Crippen molar-refractivity contribution in [3.8, 4) is 11.1 Å². The minimum Gasteiger partial charge on any atom is -0.478 e. The van der Waals surface area contributed by atoms with Crippen LogP contribution < -0.4 is 4.90 Å².